The Bertz CT molecular complexity index is 301. The van der Waals surface area contributed by atoms with E-state index in [0.29, 0.717) is 5.54 Å². The number of halogens is 3. The second-order valence-corrected chi connectivity index (χ2v) is 5.03. The Labute approximate surface area is 110 Å². The van der Waals surface area contributed by atoms with Crippen LogP contribution in [0.4, 0.5) is 13.2 Å². The van der Waals surface area contributed by atoms with E-state index in [1.54, 1.807) is 0 Å². The summed E-state index contributed by atoms with van der Waals surface area (Å²) in [5.74, 6) is -2.76. The van der Waals surface area contributed by atoms with Gasteiger partial charge in [-0.1, -0.05) is 6.92 Å². The Hall–Kier alpha value is -0.820. The van der Waals surface area contributed by atoms with Crippen LogP contribution in [-0.4, -0.2) is 42.0 Å². The third-order valence-corrected chi connectivity index (χ3v) is 3.54. The molecule has 0 saturated carbocycles. The highest BCUT2D eigenvalue weighted by Crippen LogP contribution is 2.31. The van der Waals surface area contributed by atoms with Gasteiger partial charge in [-0.05, 0) is 32.1 Å². The fourth-order valence-corrected chi connectivity index (χ4v) is 2.50. The second-order valence-electron chi connectivity index (χ2n) is 5.03. The lowest BCUT2D eigenvalue weighted by atomic mass is 9.91. The second kappa shape index (κ2) is 6.56. The van der Waals surface area contributed by atoms with Gasteiger partial charge in [0.25, 0.3) is 0 Å². The van der Waals surface area contributed by atoms with Crippen LogP contribution in [-0.2, 0) is 9.53 Å². The number of alkyl halides is 3. The molecule has 0 unspecified atom stereocenters. The molecule has 2 N–H and O–H groups in total. The number of carboxylic acids is 1. The molecule has 2 heterocycles. The van der Waals surface area contributed by atoms with Crippen LogP contribution in [0.15, 0.2) is 0 Å². The lowest BCUT2D eigenvalue weighted by molar-refractivity contribution is -0.192. The quantitative estimate of drug-likeness (QED) is 0.775. The van der Waals surface area contributed by atoms with Crippen molar-refractivity contribution in [2.24, 2.45) is 0 Å². The van der Waals surface area contributed by atoms with Crippen molar-refractivity contribution < 1.29 is 27.8 Å². The first kappa shape index (κ1) is 16.2. The van der Waals surface area contributed by atoms with Crippen molar-refractivity contribution in [2.75, 3.05) is 13.2 Å². The van der Waals surface area contributed by atoms with Crippen molar-refractivity contribution in [1.82, 2.24) is 5.32 Å². The molecule has 2 atom stereocenters. The maximum Gasteiger partial charge on any atom is 0.490 e. The van der Waals surface area contributed by atoms with E-state index >= 15 is 0 Å². The van der Waals surface area contributed by atoms with Crippen LogP contribution in [0.1, 0.15) is 39.0 Å². The number of aliphatic carboxylic acids is 1. The summed E-state index contributed by atoms with van der Waals surface area (Å²) < 4.78 is 37.3. The molecule has 7 heteroatoms. The van der Waals surface area contributed by atoms with E-state index in [2.05, 4.69) is 12.2 Å². The molecular weight excluding hydrogens is 263 g/mol. The minimum absolute atomic E-state index is 0.374. The van der Waals surface area contributed by atoms with Gasteiger partial charge in [0.15, 0.2) is 0 Å². The fraction of sp³-hybridized carbons (Fsp3) is 0.917. The zero-order chi connectivity index (χ0) is 14.5. The molecule has 0 aromatic heterocycles. The Morgan fingerprint density at radius 1 is 1.47 bits per heavy atom. The molecule has 19 heavy (non-hydrogen) atoms. The topological polar surface area (TPSA) is 58.6 Å². The Balaban J connectivity index is 0.000000224. The van der Waals surface area contributed by atoms with Gasteiger partial charge in [-0.3, -0.25) is 0 Å². The molecule has 0 radical (unpaired) electrons. The van der Waals surface area contributed by atoms with Gasteiger partial charge in [0.2, 0.25) is 0 Å². The summed E-state index contributed by atoms with van der Waals surface area (Å²) >= 11 is 0. The number of hydrogen-bond acceptors (Lipinski definition) is 3. The third kappa shape index (κ3) is 4.99. The first-order chi connectivity index (χ1) is 8.79. The lowest BCUT2D eigenvalue weighted by Crippen LogP contribution is -2.49. The minimum Gasteiger partial charge on any atom is -0.475 e. The highest BCUT2D eigenvalue weighted by Gasteiger charge is 2.39. The van der Waals surface area contributed by atoms with E-state index in [1.807, 2.05) is 0 Å². The predicted octanol–water partition coefficient (Wildman–Crippen LogP) is 2.33. The Kier molecular flexibility index (Phi) is 5.61. The molecule has 0 amide bonds. The molecule has 2 rings (SSSR count). The number of nitrogens with one attached hydrogen (secondary N) is 1. The predicted molar refractivity (Wildman–Crippen MR) is 62.9 cm³/mol. The molecule has 0 aromatic carbocycles. The normalized spacial score (nSPS) is 30.8. The number of ether oxygens (including phenoxy) is 1. The van der Waals surface area contributed by atoms with E-state index in [-0.39, 0.29) is 0 Å². The molecule has 0 aliphatic carbocycles. The average Bonchev–Trinajstić information content (AvgIpc) is 2.73. The van der Waals surface area contributed by atoms with E-state index in [1.165, 1.54) is 32.1 Å². The van der Waals surface area contributed by atoms with Crippen molar-refractivity contribution in [3.8, 4) is 0 Å². The zero-order valence-corrected chi connectivity index (χ0v) is 10.9. The molecule has 1 spiro atoms. The highest BCUT2D eigenvalue weighted by molar-refractivity contribution is 5.73. The Morgan fingerprint density at radius 3 is 2.47 bits per heavy atom. The van der Waals surface area contributed by atoms with Crippen LogP contribution in [0.5, 0.6) is 0 Å². The van der Waals surface area contributed by atoms with Crippen LogP contribution in [0.2, 0.25) is 0 Å². The van der Waals surface area contributed by atoms with Gasteiger partial charge in [-0.25, -0.2) is 4.79 Å². The van der Waals surface area contributed by atoms with Crippen LogP contribution in [0.25, 0.3) is 0 Å². The summed E-state index contributed by atoms with van der Waals surface area (Å²) in [5.41, 5.74) is 0.374. The van der Waals surface area contributed by atoms with Crippen molar-refractivity contribution in [3.63, 3.8) is 0 Å². The molecule has 112 valence electrons. The van der Waals surface area contributed by atoms with Crippen molar-refractivity contribution >= 4 is 5.97 Å². The van der Waals surface area contributed by atoms with Gasteiger partial charge < -0.3 is 15.2 Å². The molecular formula is C12H20F3NO3. The van der Waals surface area contributed by atoms with Gasteiger partial charge in [0, 0.05) is 18.2 Å². The van der Waals surface area contributed by atoms with Crippen molar-refractivity contribution in [3.05, 3.63) is 0 Å². The number of rotatable bonds is 1. The standard InChI is InChI=1S/C10H19NO.C2HF3O2/c1-2-9-4-6-10(11-9)5-3-7-12-8-10;3-2(4,5)1(6)7/h9,11H,2-8H2,1H3;(H,6,7)/t9-,10+;/m0./s1. The first-order valence-electron chi connectivity index (χ1n) is 6.44. The van der Waals surface area contributed by atoms with Crippen molar-refractivity contribution in [2.45, 2.75) is 56.8 Å². The maximum absolute atomic E-state index is 10.6. The van der Waals surface area contributed by atoms with Gasteiger partial charge in [0.05, 0.1) is 6.61 Å². The van der Waals surface area contributed by atoms with Crippen LogP contribution in [0.3, 0.4) is 0 Å². The first-order valence-corrected chi connectivity index (χ1v) is 6.44. The molecule has 2 fully saturated rings. The molecule has 0 aromatic rings. The average molecular weight is 283 g/mol. The third-order valence-electron chi connectivity index (χ3n) is 3.54. The summed E-state index contributed by atoms with van der Waals surface area (Å²) in [6.07, 6.45) is 1.42. The highest BCUT2D eigenvalue weighted by atomic mass is 19.4. The molecule has 2 aliphatic rings. The largest absolute Gasteiger partial charge is 0.490 e. The smallest absolute Gasteiger partial charge is 0.475 e. The number of carbonyl (C=O) groups is 1. The summed E-state index contributed by atoms with van der Waals surface area (Å²) in [7, 11) is 0. The fourth-order valence-electron chi connectivity index (χ4n) is 2.50. The van der Waals surface area contributed by atoms with Gasteiger partial charge in [-0.2, -0.15) is 13.2 Å². The maximum atomic E-state index is 10.6. The summed E-state index contributed by atoms with van der Waals surface area (Å²) in [6, 6.07) is 0.756. The SMILES string of the molecule is CC[C@H]1CC[C@@]2(CCCOC2)N1.O=C(O)C(F)(F)F. The van der Waals surface area contributed by atoms with Gasteiger partial charge in [-0.15, -0.1) is 0 Å². The number of hydrogen-bond donors (Lipinski definition) is 2. The van der Waals surface area contributed by atoms with E-state index in [9.17, 15) is 13.2 Å². The van der Waals surface area contributed by atoms with E-state index < -0.39 is 12.1 Å². The van der Waals surface area contributed by atoms with E-state index in [0.717, 1.165) is 19.3 Å². The summed E-state index contributed by atoms with van der Waals surface area (Å²) in [6.45, 7) is 4.18. The Morgan fingerprint density at radius 2 is 2.11 bits per heavy atom. The van der Waals surface area contributed by atoms with Crippen LogP contribution in [0, 0.1) is 0 Å². The summed E-state index contributed by atoms with van der Waals surface area (Å²) in [5, 5.41) is 10.9. The van der Waals surface area contributed by atoms with Gasteiger partial charge >= 0.3 is 12.1 Å². The van der Waals surface area contributed by atoms with Crippen LogP contribution >= 0.6 is 0 Å². The molecule has 4 nitrogen and oxygen atoms in total. The van der Waals surface area contributed by atoms with Gasteiger partial charge in [0.1, 0.15) is 0 Å². The minimum atomic E-state index is -5.08. The lowest BCUT2D eigenvalue weighted by Gasteiger charge is -2.34. The number of carboxylic acid groups (broad SMARTS) is 1. The zero-order valence-electron chi connectivity index (χ0n) is 10.9. The molecule has 2 aliphatic heterocycles. The van der Waals surface area contributed by atoms with Crippen LogP contribution < -0.4 is 5.32 Å². The molecule has 2 saturated heterocycles. The monoisotopic (exact) mass is 283 g/mol. The summed E-state index contributed by atoms with van der Waals surface area (Å²) in [4.78, 5) is 8.90. The molecule has 0 bridgehead atoms. The van der Waals surface area contributed by atoms with E-state index in [4.69, 9.17) is 14.6 Å². The van der Waals surface area contributed by atoms with Crippen molar-refractivity contribution in [1.29, 1.82) is 0 Å².